The van der Waals surface area contributed by atoms with Gasteiger partial charge in [-0.2, -0.15) is 0 Å². The second kappa shape index (κ2) is 4.59. The molecule has 66 valence electrons. The molecular formula is C8H12IN3. The summed E-state index contributed by atoms with van der Waals surface area (Å²) in [5, 5.41) is 3.19. The molecule has 0 saturated carbocycles. The highest BCUT2D eigenvalue weighted by atomic mass is 127. The van der Waals surface area contributed by atoms with Crippen LogP contribution in [-0.4, -0.2) is 16.5 Å². The Bertz CT molecular complexity index is 262. The van der Waals surface area contributed by atoms with E-state index in [9.17, 15) is 0 Å². The van der Waals surface area contributed by atoms with Gasteiger partial charge in [-0.15, -0.1) is 0 Å². The molecule has 1 heterocycles. The fourth-order valence-electron chi connectivity index (χ4n) is 0.943. The van der Waals surface area contributed by atoms with Gasteiger partial charge in [0.15, 0.2) is 0 Å². The number of anilines is 1. The number of nitrogens with one attached hydrogen (secondary N) is 1. The molecule has 0 aromatic carbocycles. The van der Waals surface area contributed by atoms with E-state index < -0.39 is 0 Å². The molecule has 3 nitrogen and oxygen atoms in total. The summed E-state index contributed by atoms with van der Waals surface area (Å²) in [5.74, 6) is 0.949. The van der Waals surface area contributed by atoms with Crippen molar-refractivity contribution in [2.24, 2.45) is 0 Å². The molecule has 0 unspecified atom stereocenters. The molecule has 0 radical (unpaired) electrons. The minimum Gasteiger partial charge on any atom is -0.369 e. The molecule has 0 atom stereocenters. The Labute approximate surface area is 86.1 Å². The fourth-order valence-corrected chi connectivity index (χ4v) is 1.79. The summed E-state index contributed by atoms with van der Waals surface area (Å²) in [6.45, 7) is 5.06. The van der Waals surface area contributed by atoms with Gasteiger partial charge in [-0.05, 0) is 35.9 Å². The topological polar surface area (TPSA) is 37.8 Å². The number of hydrogen-bond acceptors (Lipinski definition) is 3. The van der Waals surface area contributed by atoms with Crippen molar-refractivity contribution in [2.75, 3.05) is 11.9 Å². The molecule has 1 rings (SSSR count). The molecular weight excluding hydrogens is 265 g/mol. The molecule has 12 heavy (non-hydrogen) atoms. The van der Waals surface area contributed by atoms with Gasteiger partial charge in [-0.3, -0.25) is 0 Å². The van der Waals surface area contributed by atoms with E-state index >= 15 is 0 Å². The lowest BCUT2D eigenvalue weighted by atomic mass is 10.3. The molecule has 1 aromatic rings. The lowest BCUT2D eigenvalue weighted by Gasteiger charge is -2.06. The predicted molar refractivity (Wildman–Crippen MR) is 58.3 cm³/mol. The number of nitrogens with zero attached hydrogens (tertiary/aromatic N) is 2. The summed E-state index contributed by atoms with van der Waals surface area (Å²) in [5.41, 5.74) is 1.11. The molecule has 0 spiro atoms. The first kappa shape index (κ1) is 9.70. The van der Waals surface area contributed by atoms with Crippen LogP contribution in [-0.2, 0) is 6.42 Å². The number of rotatable bonds is 3. The van der Waals surface area contributed by atoms with Crippen LogP contribution >= 0.6 is 22.6 Å². The highest BCUT2D eigenvalue weighted by Gasteiger charge is 2.04. The molecule has 4 heteroatoms. The van der Waals surface area contributed by atoms with Crippen LogP contribution in [0.5, 0.6) is 0 Å². The van der Waals surface area contributed by atoms with E-state index in [-0.39, 0.29) is 0 Å². The Kier molecular flexibility index (Phi) is 3.71. The zero-order valence-corrected chi connectivity index (χ0v) is 9.42. The van der Waals surface area contributed by atoms with Gasteiger partial charge in [0.05, 0.1) is 9.26 Å². The Morgan fingerprint density at radius 1 is 1.42 bits per heavy atom. The van der Waals surface area contributed by atoms with Crippen LogP contribution < -0.4 is 5.32 Å². The standard InChI is InChI=1S/C8H12IN3/c1-3-6-7(9)8(10-4-2)12-5-11-6/h5H,3-4H2,1-2H3,(H,10,11,12). The first-order valence-electron chi connectivity index (χ1n) is 4.02. The molecule has 0 fully saturated rings. The second-order valence-electron chi connectivity index (χ2n) is 2.37. The molecule has 0 aliphatic carbocycles. The van der Waals surface area contributed by atoms with Crippen LogP contribution in [0, 0.1) is 3.57 Å². The van der Waals surface area contributed by atoms with Crippen molar-refractivity contribution in [2.45, 2.75) is 20.3 Å². The average molecular weight is 277 g/mol. The van der Waals surface area contributed by atoms with Gasteiger partial charge >= 0.3 is 0 Å². The molecule has 0 bridgehead atoms. The van der Waals surface area contributed by atoms with Crippen molar-refractivity contribution >= 4 is 28.4 Å². The molecule has 0 saturated heterocycles. The fraction of sp³-hybridized carbons (Fsp3) is 0.500. The maximum atomic E-state index is 4.18. The maximum absolute atomic E-state index is 4.18. The largest absolute Gasteiger partial charge is 0.369 e. The first-order valence-corrected chi connectivity index (χ1v) is 5.10. The van der Waals surface area contributed by atoms with E-state index in [4.69, 9.17) is 0 Å². The molecule has 0 aliphatic heterocycles. The SMILES string of the molecule is CCNc1ncnc(CC)c1I. The highest BCUT2D eigenvalue weighted by molar-refractivity contribution is 14.1. The van der Waals surface area contributed by atoms with Gasteiger partial charge in [0.1, 0.15) is 12.1 Å². The number of halogens is 1. The molecule has 0 aliphatic rings. The molecule has 1 N–H and O–H groups in total. The summed E-state index contributed by atoms with van der Waals surface area (Å²) in [4.78, 5) is 8.33. The second-order valence-corrected chi connectivity index (χ2v) is 3.45. The average Bonchev–Trinajstić information content (AvgIpc) is 2.09. The van der Waals surface area contributed by atoms with Crippen molar-refractivity contribution in [1.82, 2.24) is 9.97 Å². The first-order chi connectivity index (χ1) is 5.79. The van der Waals surface area contributed by atoms with Gasteiger partial charge in [0.2, 0.25) is 0 Å². The highest BCUT2D eigenvalue weighted by Crippen LogP contribution is 2.17. The van der Waals surface area contributed by atoms with Crippen LogP contribution in [0.3, 0.4) is 0 Å². The molecule has 0 amide bonds. The van der Waals surface area contributed by atoms with Crippen LogP contribution in [0.25, 0.3) is 0 Å². The summed E-state index contributed by atoms with van der Waals surface area (Å²) in [7, 11) is 0. The summed E-state index contributed by atoms with van der Waals surface area (Å²) in [6, 6.07) is 0. The van der Waals surface area contributed by atoms with Crippen LogP contribution in [0.4, 0.5) is 5.82 Å². The maximum Gasteiger partial charge on any atom is 0.143 e. The Morgan fingerprint density at radius 2 is 2.17 bits per heavy atom. The zero-order chi connectivity index (χ0) is 8.97. The summed E-state index contributed by atoms with van der Waals surface area (Å²) >= 11 is 2.28. The minimum atomic E-state index is 0.899. The number of hydrogen-bond donors (Lipinski definition) is 1. The summed E-state index contributed by atoms with van der Waals surface area (Å²) < 4.78 is 1.14. The Morgan fingerprint density at radius 3 is 2.75 bits per heavy atom. The van der Waals surface area contributed by atoms with Crippen LogP contribution in [0.15, 0.2) is 6.33 Å². The van der Waals surface area contributed by atoms with Gasteiger partial charge < -0.3 is 5.32 Å². The Hall–Kier alpha value is -0.390. The number of aromatic nitrogens is 2. The van der Waals surface area contributed by atoms with E-state index in [2.05, 4.69) is 51.7 Å². The lowest BCUT2D eigenvalue weighted by molar-refractivity contribution is 0.976. The van der Waals surface area contributed by atoms with E-state index in [0.717, 1.165) is 28.0 Å². The Balaban J connectivity index is 2.97. The lowest BCUT2D eigenvalue weighted by Crippen LogP contribution is -2.04. The minimum absolute atomic E-state index is 0.899. The smallest absolute Gasteiger partial charge is 0.143 e. The van der Waals surface area contributed by atoms with E-state index in [1.807, 2.05) is 0 Å². The van der Waals surface area contributed by atoms with Crippen molar-refractivity contribution in [3.63, 3.8) is 0 Å². The van der Waals surface area contributed by atoms with Crippen molar-refractivity contribution in [3.05, 3.63) is 15.6 Å². The van der Waals surface area contributed by atoms with Crippen LogP contribution in [0.2, 0.25) is 0 Å². The van der Waals surface area contributed by atoms with Gasteiger partial charge in [-0.25, -0.2) is 9.97 Å². The van der Waals surface area contributed by atoms with Gasteiger partial charge in [-0.1, -0.05) is 6.92 Å². The monoisotopic (exact) mass is 277 g/mol. The third kappa shape index (κ3) is 2.06. The van der Waals surface area contributed by atoms with E-state index in [0.29, 0.717) is 0 Å². The third-order valence-corrected chi connectivity index (χ3v) is 2.67. The van der Waals surface area contributed by atoms with Crippen molar-refractivity contribution in [1.29, 1.82) is 0 Å². The predicted octanol–water partition coefficient (Wildman–Crippen LogP) is 2.08. The normalized spacial score (nSPS) is 9.92. The van der Waals surface area contributed by atoms with Crippen molar-refractivity contribution in [3.8, 4) is 0 Å². The quantitative estimate of drug-likeness (QED) is 0.859. The third-order valence-electron chi connectivity index (χ3n) is 1.54. The summed E-state index contributed by atoms with van der Waals surface area (Å²) in [6.07, 6.45) is 2.57. The number of aryl methyl sites for hydroxylation is 1. The van der Waals surface area contributed by atoms with Crippen molar-refractivity contribution < 1.29 is 0 Å². The van der Waals surface area contributed by atoms with Gasteiger partial charge in [0.25, 0.3) is 0 Å². The zero-order valence-electron chi connectivity index (χ0n) is 7.26. The van der Waals surface area contributed by atoms with E-state index in [1.165, 1.54) is 0 Å². The van der Waals surface area contributed by atoms with Crippen LogP contribution in [0.1, 0.15) is 19.5 Å². The molecule has 1 aromatic heterocycles. The van der Waals surface area contributed by atoms with Gasteiger partial charge in [0, 0.05) is 6.54 Å². The van der Waals surface area contributed by atoms with E-state index in [1.54, 1.807) is 6.33 Å².